The SMILES string of the molecule is CC(C)(C)C1ON=C2N=CC=CC21. The highest BCUT2D eigenvalue weighted by Gasteiger charge is 2.40. The first-order chi connectivity index (χ1) is 6.09. The first kappa shape index (κ1) is 8.48. The second kappa shape index (κ2) is 2.69. The molecule has 3 heteroatoms. The lowest BCUT2D eigenvalue weighted by molar-refractivity contribution is -0.00614. The Morgan fingerprint density at radius 1 is 1.38 bits per heavy atom. The average Bonchev–Trinajstić information content (AvgIpc) is 2.45. The molecule has 13 heavy (non-hydrogen) atoms. The molecule has 0 aromatic rings. The fraction of sp³-hybridized carbons (Fsp3) is 0.600. The van der Waals surface area contributed by atoms with Crippen LogP contribution in [-0.2, 0) is 4.84 Å². The highest BCUT2D eigenvalue weighted by Crippen LogP contribution is 2.35. The lowest BCUT2D eigenvalue weighted by Gasteiger charge is -2.28. The number of oxime groups is 1. The smallest absolute Gasteiger partial charge is 0.178 e. The Kier molecular flexibility index (Phi) is 1.75. The van der Waals surface area contributed by atoms with Gasteiger partial charge in [-0.25, -0.2) is 4.99 Å². The molecule has 2 heterocycles. The number of dihydropyridines is 1. The zero-order valence-electron chi connectivity index (χ0n) is 8.19. The van der Waals surface area contributed by atoms with Crippen molar-refractivity contribution in [2.75, 3.05) is 0 Å². The summed E-state index contributed by atoms with van der Waals surface area (Å²) < 4.78 is 0. The van der Waals surface area contributed by atoms with Gasteiger partial charge < -0.3 is 4.84 Å². The number of amidine groups is 1. The molecule has 0 amide bonds. The standard InChI is InChI=1S/C10H14N2O/c1-10(2,3)8-7-5-4-6-11-9(7)12-13-8/h4-8H,1-3H3. The van der Waals surface area contributed by atoms with Crippen LogP contribution in [0.15, 0.2) is 22.3 Å². The molecule has 0 aromatic carbocycles. The van der Waals surface area contributed by atoms with E-state index in [0.29, 0.717) is 0 Å². The third-order valence-electron chi connectivity index (χ3n) is 2.35. The Balaban J connectivity index is 2.23. The maximum Gasteiger partial charge on any atom is 0.178 e. The molecule has 0 aliphatic carbocycles. The van der Waals surface area contributed by atoms with Crippen molar-refractivity contribution in [2.45, 2.75) is 26.9 Å². The molecular formula is C10H14N2O. The number of fused-ring (bicyclic) bond motifs is 1. The second-order valence-corrected chi connectivity index (χ2v) is 4.53. The largest absolute Gasteiger partial charge is 0.389 e. The minimum Gasteiger partial charge on any atom is -0.389 e. The van der Waals surface area contributed by atoms with Gasteiger partial charge in [-0.05, 0) is 6.08 Å². The predicted molar refractivity (Wildman–Crippen MR) is 52.9 cm³/mol. The van der Waals surface area contributed by atoms with E-state index in [1.54, 1.807) is 6.21 Å². The summed E-state index contributed by atoms with van der Waals surface area (Å²) in [5, 5.41) is 3.97. The summed E-state index contributed by atoms with van der Waals surface area (Å²) in [4.78, 5) is 9.56. The summed E-state index contributed by atoms with van der Waals surface area (Å²) in [5.74, 6) is 1.05. The zero-order chi connectivity index (χ0) is 9.47. The fourth-order valence-corrected chi connectivity index (χ4v) is 1.65. The van der Waals surface area contributed by atoms with Crippen molar-refractivity contribution < 1.29 is 4.84 Å². The van der Waals surface area contributed by atoms with Gasteiger partial charge in [0.2, 0.25) is 0 Å². The number of hydrogen-bond acceptors (Lipinski definition) is 3. The van der Waals surface area contributed by atoms with Crippen LogP contribution in [0.4, 0.5) is 0 Å². The maximum atomic E-state index is 5.39. The van der Waals surface area contributed by atoms with Gasteiger partial charge in [0.1, 0.15) is 6.10 Å². The van der Waals surface area contributed by atoms with Crippen molar-refractivity contribution in [3.05, 3.63) is 12.2 Å². The summed E-state index contributed by atoms with van der Waals surface area (Å²) in [6, 6.07) is 0. The number of allylic oxidation sites excluding steroid dienone is 1. The van der Waals surface area contributed by atoms with Crippen molar-refractivity contribution >= 4 is 12.1 Å². The first-order valence-electron chi connectivity index (χ1n) is 4.53. The van der Waals surface area contributed by atoms with Gasteiger partial charge >= 0.3 is 0 Å². The highest BCUT2D eigenvalue weighted by molar-refractivity contribution is 5.98. The van der Waals surface area contributed by atoms with E-state index in [1.807, 2.05) is 6.08 Å². The summed E-state index contributed by atoms with van der Waals surface area (Å²) >= 11 is 0. The monoisotopic (exact) mass is 178 g/mol. The Morgan fingerprint density at radius 3 is 2.85 bits per heavy atom. The quantitative estimate of drug-likeness (QED) is 0.558. The molecule has 0 spiro atoms. The molecule has 0 fully saturated rings. The topological polar surface area (TPSA) is 34.0 Å². The van der Waals surface area contributed by atoms with Gasteiger partial charge in [0.05, 0.1) is 5.92 Å². The van der Waals surface area contributed by atoms with E-state index >= 15 is 0 Å². The molecule has 2 aliphatic heterocycles. The minimum absolute atomic E-state index is 0.104. The van der Waals surface area contributed by atoms with Crippen LogP contribution in [0.25, 0.3) is 0 Å². The van der Waals surface area contributed by atoms with Gasteiger partial charge in [0.25, 0.3) is 0 Å². The summed E-state index contributed by atoms with van der Waals surface area (Å²) in [6.07, 6.45) is 5.94. The molecular weight excluding hydrogens is 164 g/mol. The van der Waals surface area contributed by atoms with E-state index in [1.165, 1.54) is 0 Å². The lowest BCUT2D eigenvalue weighted by atomic mass is 9.80. The molecule has 0 radical (unpaired) electrons. The van der Waals surface area contributed by atoms with E-state index in [-0.39, 0.29) is 17.4 Å². The van der Waals surface area contributed by atoms with Crippen LogP contribution in [0.3, 0.4) is 0 Å². The van der Waals surface area contributed by atoms with Crippen LogP contribution in [-0.4, -0.2) is 18.2 Å². The van der Waals surface area contributed by atoms with Crippen LogP contribution < -0.4 is 0 Å². The van der Waals surface area contributed by atoms with Crippen molar-refractivity contribution in [3.63, 3.8) is 0 Å². The number of hydrogen-bond donors (Lipinski definition) is 0. The summed E-state index contributed by atoms with van der Waals surface area (Å²) in [7, 11) is 0. The van der Waals surface area contributed by atoms with Gasteiger partial charge in [-0.2, -0.15) is 0 Å². The van der Waals surface area contributed by atoms with Gasteiger partial charge in [-0.1, -0.05) is 32.0 Å². The highest BCUT2D eigenvalue weighted by atomic mass is 16.6. The molecule has 0 saturated heterocycles. The Bertz CT molecular complexity index is 297. The van der Waals surface area contributed by atoms with Crippen molar-refractivity contribution in [3.8, 4) is 0 Å². The van der Waals surface area contributed by atoms with Crippen molar-refractivity contribution in [1.29, 1.82) is 0 Å². The van der Waals surface area contributed by atoms with E-state index in [9.17, 15) is 0 Å². The van der Waals surface area contributed by atoms with E-state index < -0.39 is 0 Å². The number of nitrogens with zero attached hydrogens (tertiary/aromatic N) is 2. The lowest BCUT2D eigenvalue weighted by Crippen LogP contribution is -2.34. The summed E-state index contributed by atoms with van der Waals surface area (Å²) in [5.41, 5.74) is 0.104. The van der Waals surface area contributed by atoms with Crippen LogP contribution >= 0.6 is 0 Å². The Hall–Kier alpha value is -1.12. The third kappa shape index (κ3) is 1.39. The molecule has 3 nitrogen and oxygen atoms in total. The molecule has 2 atom stereocenters. The van der Waals surface area contributed by atoms with Gasteiger partial charge in [0.15, 0.2) is 5.84 Å². The van der Waals surface area contributed by atoms with Crippen LogP contribution in [0.2, 0.25) is 0 Å². The molecule has 0 bridgehead atoms. The summed E-state index contributed by atoms with van der Waals surface area (Å²) in [6.45, 7) is 6.47. The van der Waals surface area contributed by atoms with E-state index in [4.69, 9.17) is 4.84 Å². The molecule has 2 rings (SSSR count). The molecule has 2 aliphatic rings. The zero-order valence-corrected chi connectivity index (χ0v) is 8.19. The van der Waals surface area contributed by atoms with Gasteiger partial charge in [-0.3, -0.25) is 0 Å². The average molecular weight is 178 g/mol. The van der Waals surface area contributed by atoms with Crippen LogP contribution in [0.1, 0.15) is 20.8 Å². The molecule has 0 saturated carbocycles. The van der Waals surface area contributed by atoms with Gasteiger partial charge in [-0.15, -0.1) is 0 Å². The second-order valence-electron chi connectivity index (χ2n) is 4.53. The van der Waals surface area contributed by atoms with Crippen molar-refractivity contribution in [2.24, 2.45) is 21.5 Å². The van der Waals surface area contributed by atoms with E-state index in [0.717, 1.165) is 5.84 Å². The van der Waals surface area contributed by atoms with Crippen LogP contribution in [0.5, 0.6) is 0 Å². The first-order valence-corrected chi connectivity index (χ1v) is 4.53. The predicted octanol–water partition coefficient (Wildman–Crippen LogP) is 2.00. The molecule has 0 N–H and O–H groups in total. The van der Waals surface area contributed by atoms with Crippen LogP contribution in [0, 0.1) is 11.3 Å². The molecule has 2 unspecified atom stereocenters. The maximum absolute atomic E-state index is 5.39. The Labute approximate surface area is 78.2 Å². The van der Waals surface area contributed by atoms with E-state index in [2.05, 4.69) is 37.0 Å². The third-order valence-corrected chi connectivity index (χ3v) is 2.35. The number of aliphatic imine (C=N–C) groups is 1. The van der Waals surface area contributed by atoms with Gasteiger partial charge in [0, 0.05) is 11.6 Å². The normalized spacial score (nSPS) is 31.2. The Morgan fingerprint density at radius 2 is 2.15 bits per heavy atom. The fourth-order valence-electron chi connectivity index (χ4n) is 1.65. The van der Waals surface area contributed by atoms with Crippen molar-refractivity contribution in [1.82, 2.24) is 0 Å². The number of rotatable bonds is 0. The minimum atomic E-state index is 0.104. The molecule has 0 aromatic heterocycles. The molecule has 70 valence electrons.